The lowest BCUT2D eigenvalue weighted by Gasteiger charge is -2.21. The second-order valence-electron chi connectivity index (χ2n) is 3.42. The fourth-order valence-corrected chi connectivity index (χ4v) is 1.42. The van der Waals surface area contributed by atoms with Crippen molar-refractivity contribution < 1.29 is 9.53 Å². The molecule has 0 saturated heterocycles. The van der Waals surface area contributed by atoms with Crippen molar-refractivity contribution in [3.63, 3.8) is 0 Å². The van der Waals surface area contributed by atoms with Crippen LogP contribution in [0.4, 0.5) is 5.82 Å². The Balaban J connectivity index is 2.72. The van der Waals surface area contributed by atoms with E-state index in [0.29, 0.717) is 24.3 Å². The molecule has 0 aliphatic heterocycles. The first-order valence-corrected chi connectivity index (χ1v) is 5.39. The lowest BCUT2D eigenvalue weighted by Crippen LogP contribution is -2.27. The van der Waals surface area contributed by atoms with E-state index in [1.165, 1.54) is 7.11 Å². The van der Waals surface area contributed by atoms with Crippen LogP contribution in [0, 0.1) is 11.3 Å². The van der Waals surface area contributed by atoms with Gasteiger partial charge in [-0.15, -0.1) is 0 Å². The molecule has 17 heavy (non-hydrogen) atoms. The van der Waals surface area contributed by atoms with Gasteiger partial charge in [0.1, 0.15) is 5.82 Å². The van der Waals surface area contributed by atoms with Gasteiger partial charge in [0.2, 0.25) is 0 Å². The summed E-state index contributed by atoms with van der Waals surface area (Å²) in [6.07, 6.45) is 1.90. The Morgan fingerprint density at radius 1 is 1.65 bits per heavy atom. The molecule has 1 aromatic heterocycles. The van der Waals surface area contributed by atoms with Crippen LogP contribution in [0.15, 0.2) is 18.3 Å². The van der Waals surface area contributed by atoms with E-state index in [1.54, 1.807) is 18.3 Å². The molecule has 1 heterocycles. The third-order valence-electron chi connectivity index (χ3n) is 2.39. The molecule has 0 fully saturated rings. The van der Waals surface area contributed by atoms with Crippen molar-refractivity contribution in [2.24, 2.45) is 0 Å². The van der Waals surface area contributed by atoms with E-state index in [9.17, 15) is 4.79 Å². The highest BCUT2D eigenvalue weighted by Gasteiger charge is 2.09. The van der Waals surface area contributed by atoms with Gasteiger partial charge in [-0.05, 0) is 19.1 Å². The summed E-state index contributed by atoms with van der Waals surface area (Å²) < 4.78 is 4.59. The van der Waals surface area contributed by atoms with Crippen molar-refractivity contribution in [1.29, 1.82) is 5.26 Å². The highest BCUT2D eigenvalue weighted by Crippen LogP contribution is 2.12. The molecule has 0 atom stereocenters. The summed E-state index contributed by atoms with van der Waals surface area (Å²) in [7, 11) is 1.37. The zero-order chi connectivity index (χ0) is 12.7. The first-order chi connectivity index (χ1) is 8.21. The zero-order valence-electron chi connectivity index (χ0n) is 10.0. The number of ether oxygens (including phenoxy) is 1. The number of carbonyl (C=O) groups is 1. The molecule has 0 aromatic carbocycles. The third kappa shape index (κ3) is 3.76. The molecular weight excluding hydrogens is 218 g/mol. The van der Waals surface area contributed by atoms with Crippen LogP contribution in [0.5, 0.6) is 0 Å². The molecule has 0 radical (unpaired) electrons. The minimum absolute atomic E-state index is 0.250. The van der Waals surface area contributed by atoms with Crippen LogP contribution in [-0.4, -0.2) is 31.2 Å². The average Bonchev–Trinajstić information content (AvgIpc) is 2.39. The van der Waals surface area contributed by atoms with Crippen molar-refractivity contribution in [2.45, 2.75) is 13.3 Å². The van der Waals surface area contributed by atoms with Crippen LogP contribution in [0.25, 0.3) is 0 Å². The van der Waals surface area contributed by atoms with Gasteiger partial charge in [0.15, 0.2) is 0 Å². The van der Waals surface area contributed by atoms with Gasteiger partial charge in [-0.1, -0.05) is 0 Å². The summed E-state index contributed by atoms with van der Waals surface area (Å²) in [5, 5.41) is 8.80. The Hall–Kier alpha value is -2.09. The molecule has 0 saturated carbocycles. The number of carbonyl (C=O) groups excluding carboxylic acids is 1. The molecule has 1 rings (SSSR count). The van der Waals surface area contributed by atoms with Crippen LogP contribution in [0.2, 0.25) is 0 Å². The van der Waals surface area contributed by atoms with Crippen LogP contribution < -0.4 is 4.90 Å². The van der Waals surface area contributed by atoms with E-state index in [-0.39, 0.29) is 5.97 Å². The van der Waals surface area contributed by atoms with Crippen LogP contribution in [0.1, 0.15) is 18.9 Å². The number of hydrogen-bond donors (Lipinski definition) is 0. The van der Waals surface area contributed by atoms with Gasteiger partial charge in [-0.2, -0.15) is 5.26 Å². The van der Waals surface area contributed by atoms with E-state index in [0.717, 1.165) is 6.54 Å². The molecule has 0 unspecified atom stereocenters. The number of rotatable bonds is 5. The Morgan fingerprint density at radius 2 is 2.41 bits per heavy atom. The first kappa shape index (κ1) is 13.0. The standard InChI is InChI=1S/C12H15N3O2/c1-3-15(7-5-12(16)17-2)11-8-10(9-13)4-6-14-11/h4,6,8H,3,5,7H2,1-2H3. The SMILES string of the molecule is CCN(CCC(=O)OC)c1cc(C#N)ccn1. The molecule has 1 aromatic rings. The Morgan fingerprint density at radius 3 is 3.00 bits per heavy atom. The first-order valence-electron chi connectivity index (χ1n) is 5.39. The molecule has 0 spiro atoms. The quantitative estimate of drug-likeness (QED) is 0.718. The lowest BCUT2D eigenvalue weighted by molar-refractivity contribution is -0.140. The normalized spacial score (nSPS) is 9.47. The summed E-state index contributed by atoms with van der Waals surface area (Å²) in [6.45, 7) is 3.22. The minimum atomic E-state index is -0.250. The summed E-state index contributed by atoms with van der Waals surface area (Å²) >= 11 is 0. The largest absolute Gasteiger partial charge is 0.469 e. The molecule has 90 valence electrons. The number of esters is 1. The molecule has 5 heteroatoms. The van der Waals surface area contributed by atoms with Crippen molar-refractivity contribution in [3.8, 4) is 6.07 Å². The fraction of sp³-hybridized carbons (Fsp3) is 0.417. The number of methoxy groups -OCH3 is 1. The number of hydrogen-bond acceptors (Lipinski definition) is 5. The van der Waals surface area contributed by atoms with Gasteiger partial charge in [0, 0.05) is 19.3 Å². The highest BCUT2D eigenvalue weighted by atomic mass is 16.5. The second-order valence-corrected chi connectivity index (χ2v) is 3.42. The Labute approximate surface area is 101 Å². The second kappa shape index (κ2) is 6.48. The van der Waals surface area contributed by atoms with Crippen molar-refractivity contribution in [1.82, 2.24) is 4.98 Å². The third-order valence-corrected chi connectivity index (χ3v) is 2.39. The minimum Gasteiger partial charge on any atom is -0.469 e. The van der Waals surface area contributed by atoms with E-state index in [2.05, 4.69) is 15.8 Å². The molecule has 0 N–H and O–H groups in total. The zero-order valence-corrected chi connectivity index (χ0v) is 10.0. The van der Waals surface area contributed by atoms with E-state index in [4.69, 9.17) is 5.26 Å². The summed E-state index contributed by atoms with van der Waals surface area (Å²) in [5.41, 5.74) is 0.562. The monoisotopic (exact) mass is 233 g/mol. The van der Waals surface area contributed by atoms with E-state index in [1.807, 2.05) is 11.8 Å². The summed E-state index contributed by atoms with van der Waals surface area (Å²) in [5.74, 6) is 0.454. The molecular formula is C12H15N3O2. The van der Waals surface area contributed by atoms with Crippen molar-refractivity contribution >= 4 is 11.8 Å². The predicted octanol–water partition coefficient (Wildman–Crippen LogP) is 1.34. The van der Waals surface area contributed by atoms with Crippen LogP contribution >= 0.6 is 0 Å². The predicted molar refractivity (Wildman–Crippen MR) is 63.5 cm³/mol. The van der Waals surface area contributed by atoms with Gasteiger partial charge in [-0.25, -0.2) is 4.98 Å². The molecule has 5 nitrogen and oxygen atoms in total. The topological polar surface area (TPSA) is 66.2 Å². The number of anilines is 1. The number of pyridine rings is 1. The Bertz CT molecular complexity index is 426. The molecule has 0 aliphatic rings. The van der Waals surface area contributed by atoms with Crippen molar-refractivity contribution in [3.05, 3.63) is 23.9 Å². The average molecular weight is 233 g/mol. The lowest BCUT2D eigenvalue weighted by atomic mass is 10.2. The van der Waals surface area contributed by atoms with E-state index >= 15 is 0 Å². The maximum absolute atomic E-state index is 11.1. The van der Waals surface area contributed by atoms with Crippen LogP contribution in [0.3, 0.4) is 0 Å². The number of nitriles is 1. The van der Waals surface area contributed by atoms with Gasteiger partial charge in [0.05, 0.1) is 25.2 Å². The van der Waals surface area contributed by atoms with Gasteiger partial charge >= 0.3 is 5.97 Å². The fourth-order valence-electron chi connectivity index (χ4n) is 1.42. The number of nitrogens with zero attached hydrogens (tertiary/aromatic N) is 3. The summed E-state index contributed by atoms with van der Waals surface area (Å²) in [4.78, 5) is 17.2. The van der Waals surface area contributed by atoms with Crippen molar-refractivity contribution in [2.75, 3.05) is 25.1 Å². The Kier molecular flexibility index (Phi) is 4.95. The van der Waals surface area contributed by atoms with Gasteiger partial charge in [-0.3, -0.25) is 4.79 Å². The van der Waals surface area contributed by atoms with E-state index < -0.39 is 0 Å². The molecule has 0 amide bonds. The molecule has 0 bridgehead atoms. The van der Waals surface area contributed by atoms with Gasteiger partial charge < -0.3 is 9.64 Å². The molecule has 0 aliphatic carbocycles. The smallest absolute Gasteiger partial charge is 0.307 e. The van der Waals surface area contributed by atoms with Crippen LogP contribution in [-0.2, 0) is 9.53 Å². The number of aromatic nitrogens is 1. The summed E-state index contributed by atoms with van der Waals surface area (Å²) in [6, 6.07) is 5.42. The highest BCUT2D eigenvalue weighted by molar-refractivity contribution is 5.69. The maximum atomic E-state index is 11.1. The maximum Gasteiger partial charge on any atom is 0.307 e. The van der Waals surface area contributed by atoms with Gasteiger partial charge in [0.25, 0.3) is 0 Å².